The molecule has 1 N–H and O–H groups in total. The van der Waals surface area contributed by atoms with Gasteiger partial charge in [0.15, 0.2) is 0 Å². The predicted octanol–water partition coefficient (Wildman–Crippen LogP) is 4.32. The first-order valence-electron chi connectivity index (χ1n) is 9.91. The topological polar surface area (TPSA) is 85.8 Å². The van der Waals surface area contributed by atoms with E-state index in [1.807, 2.05) is 77.5 Å². The van der Waals surface area contributed by atoms with E-state index in [0.717, 1.165) is 27.7 Å². The highest BCUT2D eigenvalue weighted by molar-refractivity contribution is 5.92. The lowest BCUT2D eigenvalue weighted by Crippen LogP contribution is -2.19. The number of pyridine rings is 1. The van der Waals surface area contributed by atoms with Crippen LogP contribution < -0.4 is 5.32 Å². The summed E-state index contributed by atoms with van der Waals surface area (Å²) in [6.45, 7) is 0.230. The van der Waals surface area contributed by atoms with Gasteiger partial charge in [0.2, 0.25) is 17.6 Å². The van der Waals surface area contributed by atoms with Crippen molar-refractivity contribution in [2.24, 2.45) is 0 Å². The Labute approximate surface area is 178 Å². The first-order chi connectivity index (χ1) is 15.3. The molecule has 7 heteroatoms. The molecule has 0 spiro atoms. The SMILES string of the molecule is O=C(Cn1ccc2ccccc21)Nc1ccccc1Cc1nc(-c2cccnc2)no1. The minimum atomic E-state index is -0.101. The number of fused-ring (bicyclic) bond motifs is 1. The van der Waals surface area contributed by atoms with E-state index in [1.165, 1.54) is 0 Å². The van der Waals surface area contributed by atoms with Crippen LogP contribution in [0, 0.1) is 0 Å². The van der Waals surface area contributed by atoms with Crippen molar-refractivity contribution in [3.05, 3.63) is 96.8 Å². The average Bonchev–Trinajstić information content (AvgIpc) is 3.43. The lowest BCUT2D eigenvalue weighted by molar-refractivity contribution is -0.116. The average molecular weight is 409 g/mol. The van der Waals surface area contributed by atoms with Gasteiger partial charge in [-0.2, -0.15) is 4.98 Å². The molecule has 152 valence electrons. The fourth-order valence-corrected chi connectivity index (χ4v) is 3.52. The summed E-state index contributed by atoms with van der Waals surface area (Å²) in [5, 5.41) is 8.16. The molecule has 0 atom stereocenters. The Balaban J connectivity index is 1.31. The van der Waals surface area contributed by atoms with Gasteiger partial charge < -0.3 is 14.4 Å². The molecule has 2 aromatic carbocycles. The first kappa shape index (κ1) is 18.7. The summed E-state index contributed by atoms with van der Waals surface area (Å²) in [6.07, 6.45) is 5.72. The minimum Gasteiger partial charge on any atom is -0.339 e. The third-order valence-corrected chi connectivity index (χ3v) is 5.02. The monoisotopic (exact) mass is 409 g/mol. The molecular formula is C24H19N5O2. The number of carbonyl (C=O) groups is 1. The van der Waals surface area contributed by atoms with Crippen LogP contribution in [0.15, 0.2) is 89.8 Å². The number of nitrogens with zero attached hydrogens (tertiary/aromatic N) is 4. The van der Waals surface area contributed by atoms with Gasteiger partial charge in [0.05, 0.1) is 6.42 Å². The van der Waals surface area contributed by atoms with Crippen molar-refractivity contribution in [3.63, 3.8) is 0 Å². The molecule has 0 aliphatic heterocycles. The van der Waals surface area contributed by atoms with Gasteiger partial charge in [-0.3, -0.25) is 9.78 Å². The Morgan fingerprint density at radius 1 is 1.00 bits per heavy atom. The smallest absolute Gasteiger partial charge is 0.244 e. The van der Waals surface area contributed by atoms with Crippen LogP contribution in [0.4, 0.5) is 5.69 Å². The van der Waals surface area contributed by atoms with E-state index < -0.39 is 0 Å². The molecule has 0 fully saturated rings. The van der Waals surface area contributed by atoms with Crippen LogP contribution >= 0.6 is 0 Å². The molecule has 0 aliphatic carbocycles. The van der Waals surface area contributed by atoms with Crippen LogP contribution in [0.3, 0.4) is 0 Å². The van der Waals surface area contributed by atoms with E-state index in [-0.39, 0.29) is 12.5 Å². The normalized spacial score (nSPS) is 11.0. The highest BCUT2D eigenvalue weighted by atomic mass is 16.5. The second-order valence-corrected chi connectivity index (χ2v) is 7.14. The van der Waals surface area contributed by atoms with E-state index in [2.05, 4.69) is 20.4 Å². The van der Waals surface area contributed by atoms with Crippen molar-refractivity contribution in [3.8, 4) is 11.4 Å². The Morgan fingerprint density at radius 3 is 2.77 bits per heavy atom. The molecular weight excluding hydrogens is 390 g/mol. The summed E-state index contributed by atoms with van der Waals surface area (Å²) in [7, 11) is 0. The van der Waals surface area contributed by atoms with Gasteiger partial charge in [0.25, 0.3) is 0 Å². The quantitative estimate of drug-likeness (QED) is 0.451. The van der Waals surface area contributed by atoms with Gasteiger partial charge in [0.1, 0.15) is 6.54 Å². The van der Waals surface area contributed by atoms with Gasteiger partial charge in [-0.25, -0.2) is 0 Å². The number of aromatic nitrogens is 4. The van der Waals surface area contributed by atoms with E-state index >= 15 is 0 Å². The Hall–Kier alpha value is -4.26. The van der Waals surface area contributed by atoms with Crippen molar-refractivity contribution in [1.82, 2.24) is 19.7 Å². The summed E-state index contributed by atoms with van der Waals surface area (Å²) >= 11 is 0. The van der Waals surface area contributed by atoms with E-state index in [9.17, 15) is 4.79 Å². The van der Waals surface area contributed by atoms with Crippen LogP contribution in [0.25, 0.3) is 22.3 Å². The van der Waals surface area contributed by atoms with E-state index in [0.29, 0.717) is 18.1 Å². The summed E-state index contributed by atoms with van der Waals surface area (Å²) in [6, 6.07) is 21.3. The van der Waals surface area contributed by atoms with Gasteiger partial charge in [-0.15, -0.1) is 0 Å². The number of hydrogen-bond donors (Lipinski definition) is 1. The zero-order valence-electron chi connectivity index (χ0n) is 16.6. The summed E-state index contributed by atoms with van der Waals surface area (Å²) in [5.41, 5.74) is 3.44. The molecule has 3 aromatic heterocycles. The highest BCUT2D eigenvalue weighted by Gasteiger charge is 2.13. The fourth-order valence-electron chi connectivity index (χ4n) is 3.52. The molecule has 7 nitrogen and oxygen atoms in total. The lowest BCUT2D eigenvalue weighted by Gasteiger charge is -2.11. The molecule has 0 aliphatic rings. The second kappa shape index (κ2) is 8.23. The van der Waals surface area contributed by atoms with Crippen LogP contribution in [-0.2, 0) is 17.8 Å². The maximum Gasteiger partial charge on any atom is 0.244 e. The zero-order valence-corrected chi connectivity index (χ0v) is 16.6. The first-order valence-corrected chi connectivity index (χ1v) is 9.91. The van der Waals surface area contributed by atoms with Crippen molar-refractivity contribution in [2.75, 3.05) is 5.32 Å². The molecule has 3 heterocycles. The number of nitrogens with one attached hydrogen (secondary N) is 1. The molecule has 5 rings (SSSR count). The number of hydrogen-bond acceptors (Lipinski definition) is 5. The molecule has 0 bridgehead atoms. The van der Waals surface area contributed by atoms with E-state index in [1.54, 1.807) is 12.4 Å². The standard InChI is InChI=1S/C24H19N5O2/c30-22(16-29-13-11-17-6-2-4-10-21(17)29)26-20-9-3-1-7-18(20)14-23-27-24(28-31-23)19-8-5-12-25-15-19/h1-13,15H,14,16H2,(H,26,30). The van der Waals surface area contributed by atoms with Crippen LogP contribution in [0.1, 0.15) is 11.5 Å². The largest absolute Gasteiger partial charge is 0.339 e. The highest BCUT2D eigenvalue weighted by Crippen LogP contribution is 2.21. The second-order valence-electron chi connectivity index (χ2n) is 7.14. The maximum absolute atomic E-state index is 12.7. The van der Waals surface area contributed by atoms with Gasteiger partial charge in [-0.05, 0) is 41.3 Å². The zero-order chi connectivity index (χ0) is 21.0. The Bertz CT molecular complexity index is 1340. The minimum absolute atomic E-state index is 0.101. The summed E-state index contributed by atoms with van der Waals surface area (Å²) < 4.78 is 7.35. The van der Waals surface area contributed by atoms with Gasteiger partial charge in [0, 0.05) is 35.4 Å². The van der Waals surface area contributed by atoms with Gasteiger partial charge in [-0.1, -0.05) is 41.6 Å². The Morgan fingerprint density at radius 2 is 1.87 bits per heavy atom. The van der Waals surface area contributed by atoms with Crippen LogP contribution in [-0.4, -0.2) is 25.6 Å². The summed E-state index contributed by atoms with van der Waals surface area (Å²) in [4.78, 5) is 21.3. The number of carbonyl (C=O) groups excluding carboxylic acids is 1. The maximum atomic E-state index is 12.7. The molecule has 5 aromatic rings. The molecule has 0 saturated heterocycles. The van der Waals surface area contributed by atoms with Crippen molar-refractivity contribution >= 4 is 22.5 Å². The third-order valence-electron chi connectivity index (χ3n) is 5.02. The predicted molar refractivity (Wildman–Crippen MR) is 117 cm³/mol. The van der Waals surface area contributed by atoms with Crippen LogP contribution in [0.5, 0.6) is 0 Å². The van der Waals surface area contributed by atoms with Crippen molar-refractivity contribution < 1.29 is 9.32 Å². The summed E-state index contributed by atoms with van der Waals surface area (Å²) in [5.74, 6) is 0.858. The fraction of sp³-hybridized carbons (Fsp3) is 0.0833. The molecule has 0 radical (unpaired) electrons. The lowest BCUT2D eigenvalue weighted by atomic mass is 10.1. The van der Waals surface area contributed by atoms with Crippen molar-refractivity contribution in [1.29, 1.82) is 0 Å². The Kier molecular flexibility index (Phi) is 4.98. The molecule has 31 heavy (non-hydrogen) atoms. The number of benzene rings is 2. The van der Waals surface area contributed by atoms with Crippen molar-refractivity contribution in [2.45, 2.75) is 13.0 Å². The number of anilines is 1. The molecule has 1 amide bonds. The van der Waals surface area contributed by atoms with Crippen LogP contribution in [0.2, 0.25) is 0 Å². The number of rotatable bonds is 6. The third kappa shape index (κ3) is 4.06. The van der Waals surface area contributed by atoms with E-state index in [4.69, 9.17) is 4.52 Å². The molecule has 0 saturated carbocycles. The molecule has 0 unspecified atom stereocenters. The number of para-hydroxylation sites is 2. The number of amides is 1. The van der Waals surface area contributed by atoms with Gasteiger partial charge >= 0.3 is 0 Å².